The number of likely N-dealkylation sites (tertiary alicyclic amines) is 1. The molecule has 0 bridgehead atoms. The average Bonchev–Trinajstić information content (AvgIpc) is 3.43. The van der Waals surface area contributed by atoms with Crippen molar-refractivity contribution in [1.29, 1.82) is 0 Å². The number of carbonyl (C=O) groups excluding carboxylic acids is 1. The number of furan rings is 1. The van der Waals surface area contributed by atoms with Crippen molar-refractivity contribution in [3.05, 3.63) is 78.8 Å². The number of benzene rings is 2. The van der Waals surface area contributed by atoms with Crippen molar-refractivity contribution in [1.82, 2.24) is 15.0 Å². The maximum Gasteiger partial charge on any atom is 0.289 e. The molecule has 1 aliphatic rings. The highest BCUT2D eigenvalue weighted by atomic mass is 16.5. The highest BCUT2D eigenvalue weighted by molar-refractivity contribution is 5.92. The van der Waals surface area contributed by atoms with Crippen LogP contribution in [0.2, 0.25) is 0 Å². The van der Waals surface area contributed by atoms with Gasteiger partial charge in [-0.2, -0.15) is 4.98 Å². The number of carbonyl (C=O) groups is 1. The van der Waals surface area contributed by atoms with Crippen LogP contribution in [0.5, 0.6) is 5.75 Å². The molecule has 3 heterocycles. The first-order chi connectivity index (χ1) is 14.3. The summed E-state index contributed by atoms with van der Waals surface area (Å²) in [7, 11) is 0. The van der Waals surface area contributed by atoms with Crippen LogP contribution in [0.15, 0.2) is 81.9 Å². The number of aromatic nitrogens is 2. The number of hydrogen-bond acceptors (Lipinski definition) is 6. The van der Waals surface area contributed by atoms with Gasteiger partial charge >= 0.3 is 0 Å². The summed E-state index contributed by atoms with van der Waals surface area (Å²) in [4.78, 5) is 18.3. The van der Waals surface area contributed by atoms with Crippen molar-refractivity contribution in [3.8, 4) is 28.6 Å². The maximum absolute atomic E-state index is 12.1. The third kappa shape index (κ3) is 3.50. The number of hydrogen-bond donors (Lipinski definition) is 0. The molecule has 7 heteroatoms. The number of ether oxygens (including phenoxy) is 1. The smallest absolute Gasteiger partial charge is 0.289 e. The van der Waals surface area contributed by atoms with Crippen LogP contribution in [0, 0.1) is 0 Å². The average molecular weight is 387 g/mol. The Morgan fingerprint density at radius 3 is 2.48 bits per heavy atom. The quantitative estimate of drug-likeness (QED) is 0.517. The summed E-state index contributed by atoms with van der Waals surface area (Å²) in [6.07, 6.45) is 1.46. The Morgan fingerprint density at radius 1 is 0.966 bits per heavy atom. The van der Waals surface area contributed by atoms with E-state index in [0.717, 1.165) is 16.9 Å². The Labute approximate surface area is 166 Å². The van der Waals surface area contributed by atoms with E-state index < -0.39 is 0 Å². The molecule has 2 aromatic carbocycles. The summed E-state index contributed by atoms with van der Waals surface area (Å²) < 4.78 is 16.4. The van der Waals surface area contributed by atoms with E-state index in [1.807, 2.05) is 54.6 Å². The van der Waals surface area contributed by atoms with E-state index in [4.69, 9.17) is 13.7 Å². The molecule has 4 aromatic rings. The third-order valence-corrected chi connectivity index (χ3v) is 4.73. The first kappa shape index (κ1) is 17.2. The van der Waals surface area contributed by atoms with E-state index in [0.29, 0.717) is 30.6 Å². The number of nitrogens with zero attached hydrogens (tertiary/aromatic N) is 3. The van der Waals surface area contributed by atoms with Gasteiger partial charge in [-0.15, -0.1) is 0 Å². The molecule has 0 radical (unpaired) electrons. The van der Waals surface area contributed by atoms with Crippen LogP contribution in [-0.4, -0.2) is 40.1 Å². The molecule has 1 saturated heterocycles. The van der Waals surface area contributed by atoms with Gasteiger partial charge in [0, 0.05) is 11.1 Å². The zero-order chi connectivity index (χ0) is 19.6. The van der Waals surface area contributed by atoms with Crippen molar-refractivity contribution < 1.29 is 18.5 Å². The molecule has 0 aliphatic carbocycles. The van der Waals surface area contributed by atoms with E-state index in [1.165, 1.54) is 6.26 Å². The second kappa shape index (κ2) is 7.27. The highest BCUT2D eigenvalue weighted by Gasteiger charge is 2.33. The van der Waals surface area contributed by atoms with Crippen LogP contribution in [0.3, 0.4) is 0 Å². The van der Waals surface area contributed by atoms with Gasteiger partial charge < -0.3 is 18.6 Å². The molecule has 0 unspecified atom stereocenters. The Morgan fingerprint density at radius 2 is 1.76 bits per heavy atom. The van der Waals surface area contributed by atoms with Crippen molar-refractivity contribution in [2.45, 2.75) is 6.10 Å². The van der Waals surface area contributed by atoms with Gasteiger partial charge in [-0.25, -0.2) is 0 Å². The largest absolute Gasteiger partial charge is 0.487 e. The molecule has 0 saturated carbocycles. The molecule has 7 nitrogen and oxygen atoms in total. The minimum Gasteiger partial charge on any atom is -0.487 e. The fourth-order valence-electron chi connectivity index (χ4n) is 3.15. The molecule has 1 amide bonds. The fraction of sp³-hybridized carbons (Fsp3) is 0.136. The van der Waals surface area contributed by atoms with Crippen molar-refractivity contribution in [2.24, 2.45) is 0 Å². The zero-order valence-corrected chi connectivity index (χ0v) is 15.4. The first-order valence-corrected chi connectivity index (χ1v) is 9.25. The number of amides is 1. The third-order valence-electron chi connectivity index (χ3n) is 4.73. The van der Waals surface area contributed by atoms with E-state index in [-0.39, 0.29) is 12.0 Å². The van der Waals surface area contributed by atoms with Crippen molar-refractivity contribution in [3.63, 3.8) is 0 Å². The molecule has 0 N–H and O–H groups in total. The maximum atomic E-state index is 12.1. The lowest BCUT2D eigenvalue weighted by molar-refractivity contribution is 0.0155. The van der Waals surface area contributed by atoms with E-state index in [9.17, 15) is 4.79 Å². The zero-order valence-electron chi connectivity index (χ0n) is 15.4. The van der Waals surface area contributed by atoms with Crippen LogP contribution >= 0.6 is 0 Å². The predicted molar refractivity (Wildman–Crippen MR) is 104 cm³/mol. The van der Waals surface area contributed by atoms with E-state index in [1.54, 1.807) is 17.0 Å². The van der Waals surface area contributed by atoms with Crippen molar-refractivity contribution >= 4 is 5.91 Å². The highest BCUT2D eigenvalue weighted by Crippen LogP contribution is 2.25. The van der Waals surface area contributed by atoms with Gasteiger partial charge in [-0.05, 0) is 48.5 Å². The van der Waals surface area contributed by atoms with Crippen LogP contribution in [-0.2, 0) is 0 Å². The van der Waals surface area contributed by atoms with Crippen molar-refractivity contribution in [2.75, 3.05) is 13.1 Å². The Kier molecular flexibility index (Phi) is 4.32. The molecule has 0 atom stereocenters. The van der Waals surface area contributed by atoms with E-state index >= 15 is 0 Å². The Balaban J connectivity index is 1.20. The molecule has 1 fully saturated rings. The molecule has 2 aromatic heterocycles. The molecule has 29 heavy (non-hydrogen) atoms. The monoisotopic (exact) mass is 387 g/mol. The summed E-state index contributed by atoms with van der Waals surface area (Å²) in [6.45, 7) is 1.07. The van der Waals surface area contributed by atoms with Gasteiger partial charge in [0.25, 0.3) is 11.8 Å². The lowest BCUT2D eigenvalue weighted by Crippen LogP contribution is -2.56. The van der Waals surface area contributed by atoms with Crippen LogP contribution in [0.25, 0.3) is 22.8 Å². The SMILES string of the molecule is O=C(c1ccco1)N1CC(Oc2ccc(-c3noc(-c4ccccc4)n3)cc2)C1. The topological polar surface area (TPSA) is 81.6 Å². The molecule has 5 rings (SSSR count). The van der Waals surface area contributed by atoms with Gasteiger partial charge in [0.1, 0.15) is 11.9 Å². The molecular formula is C22H17N3O4. The van der Waals surface area contributed by atoms with Crippen LogP contribution < -0.4 is 4.74 Å². The standard InChI is InChI=1S/C22H17N3O4/c26-22(19-7-4-12-27-19)25-13-18(14-25)28-17-10-8-15(9-11-17)20-23-21(29-24-20)16-5-2-1-3-6-16/h1-12,18H,13-14H2. The molecule has 1 aliphatic heterocycles. The minimum atomic E-state index is -0.114. The number of rotatable bonds is 5. The van der Waals surface area contributed by atoms with Crippen LogP contribution in [0.4, 0.5) is 0 Å². The summed E-state index contributed by atoms with van der Waals surface area (Å²) in [5, 5.41) is 4.05. The lowest BCUT2D eigenvalue weighted by Gasteiger charge is -2.38. The van der Waals surface area contributed by atoms with Gasteiger partial charge in [0.15, 0.2) is 5.76 Å². The minimum absolute atomic E-state index is 0.0328. The summed E-state index contributed by atoms with van der Waals surface area (Å²) >= 11 is 0. The normalized spacial score (nSPS) is 13.9. The second-order valence-corrected chi connectivity index (χ2v) is 6.74. The van der Waals surface area contributed by atoms with Crippen LogP contribution in [0.1, 0.15) is 10.6 Å². The Bertz CT molecular complexity index is 1100. The Hall–Kier alpha value is -3.87. The first-order valence-electron chi connectivity index (χ1n) is 9.25. The molecular weight excluding hydrogens is 370 g/mol. The van der Waals surface area contributed by atoms with Gasteiger partial charge in [0.2, 0.25) is 5.82 Å². The summed E-state index contributed by atoms with van der Waals surface area (Å²) in [5.41, 5.74) is 1.72. The predicted octanol–water partition coefficient (Wildman–Crippen LogP) is 3.90. The molecule has 144 valence electrons. The molecule has 0 spiro atoms. The van der Waals surface area contributed by atoms with Gasteiger partial charge in [0.05, 0.1) is 19.4 Å². The van der Waals surface area contributed by atoms with E-state index in [2.05, 4.69) is 10.1 Å². The summed E-state index contributed by atoms with van der Waals surface area (Å²) in [6, 6.07) is 20.5. The second-order valence-electron chi connectivity index (χ2n) is 6.74. The summed E-state index contributed by atoms with van der Waals surface area (Å²) in [5.74, 6) is 1.97. The van der Waals surface area contributed by atoms with Gasteiger partial charge in [-0.3, -0.25) is 4.79 Å². The lowest BCUT2D eigenvalue weighted by atomic mass is 10.1. The van der Waals surface area contributed by atoms with Gasteiger partial charge in [-0.1, -0.05) is 23.4 Å². The fourth-order valence-corrected chi connectivity index (χ4v) is 3.15.